The molecule has 0 unspecified atom stereocenters. The van der Waals surface area contributed by atoms with Gasteiger partial charge in [-0.15, -0.1) is 0 Å². The molecule has 0 fully saturated rings. The van der Waals surface area contributed by atoms with Crippen LogP contribution in [0, 0.1) is 0 Å². The third-order valence-corrected chi connectivity index (χ3v) is 1.75. The lowest BCUT2D eigenvalue weighted by atomic mass is 10.1. The molecular weight excluding hydrogens is 124 g/mol. The molecule has 0 saturated heterocycles. The van der Waals surface area contributed by atoms with E-state index in [9.17, 15) is 0 Å². The van der Waals surface area contributed by atoms with E-state index in [1.54, 1.807) is 0 Å². The lowest BCUT2D eigenvalue weighted by Crippen LogP contribution is -2.01. The maximum atomic E-state index is 5.42. The summed E-state index contributed by atoms with van der Waals surface area (Å²) in [6.07, 6.45) is 6.35. The zero-order chi connectivity index (χ0) is 7.40. The van der Waals surface area contributed by atoms with Crippen LogP contribution in [0.3, 0.4) is 0 Å². The maximum absolute atomic E-state index is 5.42. The Labute approximate surface area is 62.4 Å². The van der Waals surface area contributed by atoms with Gasteiger partial charge in [-0.25, -0.2) is 0 Å². The first-order chi connectivity index (χ1) is 4.86. The van der Waals surface area contributed by atoms with Crippen molar-refractivity contribution < 1.29 is 4.74 Å². The molecule has 56 valence electrons. The molecule has 0 aromatic carbocycles. The molecule has 0 aliphatic carbocycles. The van der Waals surface area contributed by atoms with Crippen LogP contribution >= 0.6 is 0 Å². The SMILES string of the molecule is CCC1=CC=C(CC)OC1. The molecule has 0 aromatic rings. The summed E-state index contributed by atoms with van der Waals surface area (Å²) in [6.45, 7) is 5.06. The standard InChI is InChI=1S/C9H14O/c1-3-8-5-6-9(4-2)10-7-8/h5-6H,3-4,7H2,1-2H3. The summed E-state index contributed by atoms with van der Waals surface area (Å²) < 4.78 is 5.42. The Morgan fingerprint density at radius 1 is 1.30 bits per heavy atom. The van der Waals surface area contributed by atoms with Crippen molar-refractivity contribution in [2.75, 3.05) is 6.61 Å². The molecule has 0 bridgehead atoms. The summed E-state index contributed by atoms with van der Waals surface area (Å²) in [5, 5.41) is 0. The van der Waals surface area contributed by atoms with Gasteiger partial charge >= 0.3 is 0 Å². The van der Waals surface area contributed by atoms with Gasteiger partial charge in [-0.3, -0.25) is 0 Å². The summed E-state index contributed by atoms with van der Waals surface area (Å²) in [5.41, 5.74) is 1.39. The molecule has 1 aliphatic heterocycles. The highest BCUT2D eigenvalue weighted by atomic mass is 16.5. The third kappa shape index (κ3) is 1.63. The monoisotopic (exact) mass is 138 g/mol. The second-order valence-electron chi connectivity index (χ2n) is 2.45. The molecule has 10 heavy (non-hydrogen) atoms. The summed E-state index contributed by atoms with van der Waals surface area (Å²) in [6, 6.07) is 0. The van der Waals surface area contributed by atoms with Crippen molar-refractivity contribution in [1.82, 2.24) is 0 Å². The third-order valence-electron chi connectivity index (χ3n) is 1.75. The molecule has 1 nitrogen and oxygen atoms in total. The van der Waals surface area contributed by atoms with E-state index >= 15 is 0 Å². The first-order valence-electron chi connectivity index (χ1n) is 3.88. The fraction of sp³-hybridized carbons (Fsp3) is 0.556. The predicted molar refractivity (Wildman–Crippen MR) is 42.7 cm³/mol. The first-order valence-corrected chi connectivity index (χ1v) is 3.88. The minimum Gasteiger partial charge on any atom is -0.494 e. The Kier molecular flexibility index (Phi) is 2.55. The summed E-state index contributed by atoms with van der Waals surface area (Å²) in [5.74, 6) is 1.11. The van der Waals surface area contributed by atoms with E-state index < -0.39 is 0 Å². The number of rotatable bonds is 2. The second-order valence-corrected chi connectivity index (χ2v) is 2.45. The van der Waals surface area contributed by atoms with E-state index in [2.05, 4.69) is 26.0 Å². The second kappa shape index (κ2) is 3.45. The molecule has 1 rings (SSSR count). The fourth-order valence-electron chi connectivity index (χ4n) is 0.932. The van der Waals surface area contributed by atoms with Gasteiger partial charge < -0.3 is 4.74 Å². The highest BCUT2D eigenvalue weighted by molar-refractivity contribution is 5.19. The molecular formula is C9H14O. The van der Waals surface area contributed by atoms with E-state index in [4.69, 9.17) is 4.74 Å². The quantitative estimate of drug-likeness (QED) is 0.570. The van der Waals surface area contributed by atoms with Crippen LogP contribution in [0.2, 0.25) is 0 Å². The Bertz CT molecular complexity index is 146. The summed E-state index contributed by atoms with van der Waals surface area (Å²) in [7, 11) is 0. The van der Waals surface area contributed by atoms with Crippen LogP contribution in [0.4, 0.5) is 0 Å². The van der Waals surface area contributed by atoms with Gasteiger partial charge in [0.1, 0.15) is 6.61 Å². The Morgan fingerprint density at radius 3 is 2.50 bits per heavy atom. The molecule has 1 aliphatic rings. The number of hydrogen-bond donors (Lipinski definition) is 0. The van der Waals surface area contributed by atoms with Gasteiger partial charge in [0.05, 0.1) is 5.76 Å². The first kappa shape index (κ1) is 7.39. The van der Waals surface area contributed by atoms with Crippen LogP contribution in [-0.4, -0.2) is 6.61 Å². The van der Waals surface area contributed by atoms with E-state index in [1.807, 2.05) is 0 Å². The Hall–Kier alpha value is -0.720. The van der Waals surface area contributed by atoms with E-state index in [0.29, 0.717) is 0 Å². The normalized spacial score (nSPS) is 17.4. The van der Waals surface area contributed by atoms with E-state index in [-0.39, 0.29) is 0 Å². The van der Waals surface area contributed by atoms with Gasteiger partial charge in [0, 0.05) is 6.42 Å². The largest absolute Gasteiger partial charge is 0.494 e. The van der Waals surface area contributed by atoms with Crippen molar-refractivity contribution in [3.05, 3.63) is 23.5 Å². The van der Waals surface area contributed by atoms with Gasteiger partial charge in [0.2, 0.25) is 0 Å². The van der Waals surface area contributed by atoms with Crippen LogP contribution < -0.4 is 0 Å². The zero-order valence-electron chi connectivity index (χ0n) is 6.68. The van der Waals surface area contributed by atoms with Crippen LogP contribution in [0.25, 0.3) is 0 Å². The molecule has 0 amide bonds. The molecule has 1 heteroatoms. The molecule has 0 radical (unpaired) electrons. The molecule has 0 aromatic heterocycles. The maximum Gasteiger partial charge on any atom is 0.109 e. The van der Waals surface area contributed by atoms with Gasteiger partial charge in [0.25, 0.3) is 0 Å². The van der Waals surface area contributed by atoms with Crippen molar-refractivity contribution in [1.29, 1.82) is 0 Å². The molecule has 0 atom stereocenters. The van der Waals surface area contributed by atoms with Crippen molar-refractivity contribution in [2.24, 2.45) is 0 Å². The molecule has 1 heterocycles. The van der Waals surface area contributed by atoms with E-state index in [0.717, 1.165) is 25.2 Å². The average molecular weight is 138 g/mol. The smallest absolute Gasteiger partial charge is 0.109 e. The zero-order valence-corrected chi connectivity index (χ0v) is 6.68. The summed E-state index contributed by atoms with van der Waals surface area (Å²) in [4.78, 5) is 0. The van der Waals surface area contributed by atoms with Crippen LogP contribution in [0.15, 0.2) is 23.5 Å². The van der Waals surface area contributed by atoms with Crippen molar-refractivity contribution in [3.8, 4) is 0 Å². The lowest BCUT2D eigenvalue weighted by Gasteiger charge is -2.13. The van der Waals surface area contributed by atoms with Crippen LogP contribution in [-0.2, 0) is 4.74 Å². The van der Waals surface area contributed by atoms with E-state index in [1.165, 1.54) is 5.57 Å². The average Bonchev–Trinajstić information content (AvgIpc) is 2.05. The van der Waals surface area contributed by atoms with Gasteiger partial charge in [-0.05, 0) is 18.1 Å². The highest BCUT2D eigenvalue weighted by Gasteiger charge is 2.02. The molecule has 0 N–H and O–H groups in total. The van der Waals surface area contributed by atoms with Crippen molar-refractivity contribution in [2.45, 2.75) is 26.7 Å². The number of ether oxygens (including phenoxy) is 1. The highest BCUT2D eigenvalue weighted by Crippen LogP contribution is 2.14. The molecule has 0 spiro atoms. The van der Waals surface area contributed by atoms with Gasteiger partial charge in [0.15, 0.2) is 0 Å². The van der Waals surface area contributed by atoms with Crippen LogP contribution in [0.5, 0.6) is 0 Å². The summed E-state index contributed by atoms with van der Waals surface area (Å²) >= 11 is 0. The minimum atomic E-state index is 0.802. The predicted octanol–water partition coefficient (Wildman–Crippen LogP) is 2.65. The fourth-order valence-corrected chi connectivity index (χ4v) is 0.932. The number of hydrogen-bond acceptors (Lipinski definition) is 1. The molecule has 0 saturated carbocycles. The Balaban J connectivity index is 2.55. The van der Waals surface area contributed by atoms with Gasteiger partial charge in [-0.1, -0.05) is 19.9 Å². The van der Waals surface area contributed by atoms with Crippen LogP contribution in [0.1, 0.15) is 26.7 Å². The number of allylic oxidation sites excluding steroid dienone is 3. The lowest BCUT2D eigenvalue weighted by molar-refractivity contribution is 0.224. The minimum absolute atomic E-state index is 0.802. The van der Waals surface area contributed by atoms with Crippen molar-refractivity contribution >= 4 is 0 Å². The Morgan fingerprint density at radius 2 is 2.10 bits per heavy atom. The topological polar surface area (TPSA) is 9.23 Å². The van der Waals surface area contributed by atoms with Crippen molar-refractivity contribution in [3.63, 3.8) is 0 Å². The van der Waals surface area contributed by atoms with Gasteiger partial charge in [-0.2, -0.15) is 0 Å².